The topological polar surface area (TPSA) is 43.4 Å². The summed E-state index contributed by atoms with van der Waals surface area (Å²) in [5.74, 6) is 0.860. The molecule has 2 aliphatic rings. The first-order valence-corrected chi connectivity index (χ1v) is 7.67. The van der Waals surface area contributed by atoms with Gasteiger partial charge in [-0.3, -0.25) is 9.59 Å². The summed E-state index contributed by atoms with van der Waals surface area (Å²) in [7, 11) is 0. The molecule has 0 aromatic heterocycles. The third kappa shape index (κ3) is 2.13. The molecule has 0 saturated heterocycles. The average Bonchev–Trinajstić information content (AvgIpc) is 2.99. The van der Waals surface area contributed by atoms with Gasteiger partial charge in [-0.25, -0.2) is 0 Å². The SMILES string of the molecule is O=C1CCCC2=C1CC(C(=O)c1ccc3ccccc3c1)O2. The number of rotatable bonds is 2. The lowest BCUT2D eigenvalue weighted by molar-refractivity contribution is -0.116. The van der Waals surface area contributed by atoms with E-state index in [0.717, 1.165) is 34.9 Å². The molecule has 22 heavy (non-hydrogen) atoms. The highest BCUT2D eigenvalue weighted by Gasteiger charge is 2.36. The van der Waals surface area contributed by atoms with E-state index in [-0.39, 0.29) is 11.6 Å². The average molecular weight is 292 g/mol. The first-order chi connectivity index (χ1) is 10.7. The molecule has 0 radical (unpaired) electrons. The summed E-state index contributed by atoms with van der Waals surface area (Å²) in [5.41, 5.74) is 1.39. The van der Waals surface area contributed by atoms with Crippen molar-refractivity contribution >= 4 is 22.3 Å². The molecular formula is C19H16O3. The van der Waals surface area contributed by atoms with Crippen LogP contribution in [0.1, 0.15) is 36.0 Å². The molecule has 1 atom stereocenters. The predicted molar refractivity (Wildman–Crippen MR) is 83.7 cm³/mol. The van der Waals surface area contributed by atoms with E-state index in [1.807, 2.05) is 42.5 Å². The molecule has 0 amide bonds. The van der Waals surface area contributed by atoms with E-state index in [0.29, 0.717) is 18.4 Å². The molecule has 3 nitrogen and oxygen atoms in total. The number of carbonyl (C=O) groups excluding carboxylic acids is 2. The summed E-state index contributed by atoms with van der Waals surface area (Å²) < 4.78 is 5.77. The van der Waals surface area contributed by atoms with Crippen LogP contribution in [-0.2, 0) is 9.53 Å². The Bertz CT molecular complexity index is 816. The molecule has 1 unspecified atom stereocenters. The molecule has 0 saturated carbocycles. The third-order valence-electron chi connectivity index (χ3n) is 4.48. The maximum absolute atomic E-state index is 12.7. The zero-order chi connectivity index (χ0) is 15.1. The van der Waals surface area contributed by atoms with Gasteiger partial charge in [0.15, 0.2) is 11.9 Å². The molecule has 0 bridgehead atoms. The van der Waals surface area contributed by atoms with Crippen molar-refractivity contribution in [1.29, 1.82) is 0 Å². The van der Waals surface area contributed by atoms with Crippen molar-refractivity contribution in [3.05, 3.63) is 59.4 Å². The molecule has 4 rings (SSSR count). The van der Waals surface area contributed by atoms with E-state index in [1.165, 1.54) is 0 Å². The van der Waals surface area contributed by atoms with Crippen LogP contribution in [0.15, 0.2) is 53.8 Å². The van der Waals surface area contributed by atoms with E-state index in [2.05, 4.69) is 0 Å². The molecular weight excluding hydrogens is 276 g/mol. The molecule has 0 fully saturated rings. The van der Waals surface area contributed by atoms with Gasteiger partial charge in [-0.05, 0) is 23.3 Å². The number of hydrogen-bond donors (Lipinski definition) is 0. The Kier molecular flexibility index (Phi) is 3.07. The van der Waals surface area contributed by atoms with Crippen molar-refractivity contribution in [3.8, 4) is 0 Å². The van der Waals surface area contributed by atoms with Crippen LogP contribution in [0.3, 0.4) is 0 Å². The number of ether oxygens (including phenoxy) is 1. The molecule has 0 N–H and O–H groups in total. The Morgan fingerprint density at radius 2 is 1.86 bits per heavy atom. The quantitative estimate of drug-likeness (QED) is 0.790. The summed E-state index contributed by atoms with van der Waals surface area (Å²) in [5, 5.41) is 2.15. The Hall–Kier alpha value is -2.42. The van der Waals surface area contributed by atoms with Crippen LogP contribution in [0.4, 0.5) is 0 Å². The maximum atomic E-state index is 12.7. The van der Waals surface area contributed by atoms with E-state index in [9.17, 15) is 9.59 Å². The van der Waals surface area contributed by atoms with E-state index >= 15 is 0 Å². The highest BCUT2D eigenvalue weighted by Crippen LogP contribution is 2.35. The first-order valence-electron chi connectivity index (χ1n) is 7.67. The molecule has 1 heterocycles. The number of ketones is 2. The van der Waals surface area contributed by atoms with Gasteiger partial charge in [-0.2, -0.15) is 0 Å². The Labute approximate surface area is 128 Å². The molecule has 0 spiro atoms. The van der Waals surface area contributed by atoms with Crippen LogP contribution in [0, 0.1) is 0 Å². The van der Waals surface area contributed by atoms with Crippen LogP contribution in [-0.4, -0.2) is 17.7 Å². The molecule has 1 aliphatic carbocycles. The van der Waals surface area contributed by atoms with Crippen molar-refractivity contribution in [3.63, 3.8) is 0 Å². The summed E-state index contributed by atoms with van der Waals surface area (Å²) in [6.07, 6.45) is 2.09. The highest BCUT2D eigenvalue weighted by molar-refractivity contribution is 6.05. The second-order valence-electron chi connectivity index (χ2n) is 5.92. The zero-order valence-electron chi connectivity index (χ0n) is 12.2. The van der Waals surface area contributed by atoms with Crippen LogP contribution in [0.5, 0.6) is 0 Å². The van der Waals surface area contributed by atoms with Gasteiger partial charge in [0.2, 0.25) is 5.78 Å². The van der Waals surface area contributed by atoms with Crippen molar-refractivity contribution in [2.24, 2.45) is 0 Å². The number of carbonyl (C=O) groups is 2. The Morgan fingerprint density at radius 1 is 1.05 bits per heavy atom. The van der Waals surface area contributed by atoms with Gasteiger partial charge in [-0.15, -0.1) is 0 Å². The van der Waals surface area contributed by atoms with Crippen molar-refractivity contribution in [2.75, 3.05) is 0 Å². The molecule has 2 aromatic carbocycles. The minimum Gasteiger partial charge on any atom is -0.486 e. The van der Waals surface area contributed by atoms with Crippen LogP contribution >= 0.6 is 0 Å². The molecule has 3 heteroatoms. The monoisotopic (exact) mass is 292 g/mol. The number of Topliss-reactive ketones (excluding diaryl/α,β-unsaturated/α-hetero) is 2. The number of hydrogen-bond acceptors (Lipinski definition) is 3. The van der Waals surface area contributed by atoms with E-state index in [4.69, 9.17) is 4.74 Å². The number of fused-ring (bicyclic) bond motifs is 1. The van der Waals surface area contributed by atoms with Gasteiger partial charge in [0.05, 0.1) is 0 Å². The second kappa shape index (κ2) is 5.09. The lowest BCUT2D eigenvalue weighted by Crippen LogP contribution is -2.20. The second-order valence-corrected chi connectivity index (χ2v) is 5.92. The van der Waals surface area contributed by atoms with Crippen LogP contribution < -0.4 is 0 Å². The molecule has 2 aromatic rings. The normalized spacial score (nSPS) is 20.9. The summed E-state index contributed by atoms with van der Waals surface area (Å²) in [6.45, 7) is 0. The van der Waals surface area contributed by atoms with Crippen molar-refractivity contribution in [2.45, 2.75) is 31.8 Å². The standard InChI is InChI=1S/C19H16O3/c20-16-6-3-7-17-15(16)11-18(22-17)19(21)14-9-8-12-4-1-2-5-13(12)10-14/h1-2,4-5,8-10,18H,3,6-7,11H2. The van der Waals surface area contributed by atoms with Gasteiger partial charge in [-0.1, -0.05) is 36.4 Å². The van der Waals surface area contributed by atoms with Gasteiger partial charge >= 0.3 is 0 Å². The largest absolute Gasteiger partial charge is 0.486 e. The fraction of sp³-hybridized carbons (Fsp3) is 0.263. The lowest BCUT2D eigenvalue weighted by Gasteiger charge is -2.13. The van der Waals surface area contributed by atoms with Crippen LogP contribution in [0.25, 0.3) is 10.8 Å². The number of benzene rings is 2. The molecule has 1 aliphatic heterocycles. The van der Waals surface area contributed by atoms with Crippen molar-refractivity contribution in [1.82, 2.24) is 0 Å². The fourth-order valence-corrected chi connectivity index (χ4v) is 3.30. The van der Waals surface area contributed by atoms with Crippen molar-refractivity contribution < 1.29 is 14.3 Å². The van der Waals surface area contributed by atoms with Gasteiger partial charge in [0.1, 0.15) is 5.76 Å². The smallest absolute Gasteiger partial charge is 0.203 e. The summed E-state index contributed by atoms with van der Waals surface area (Å²) in [6, 6.07) is 13.7. The Balaban J connectivity index is 1.61. The minimum atomic E-state index is -0.534. The van der Waals surface area contributed by atoms with Gasteiger partial charge in [0.25, 0.3) is 0 Å². The van der Waals surface area contributed by atoms with E-state index in [1.54, 1.807) is 0 Å². The highest BCUT2D eigenvalue weighted by atomic mass is 16.5. The minimum absolute atomic E-state index is 0.0343. The van der Waals surface area contributed by atoms with E-state index < -0.39 is 6.10 Å². The van der Waals surface area contributed by atoms with Gasteiger partial charge < -0.3 is 4.74 Å². The summed E-state index contributed by atoms with van der Waals surface area (Å²) in [4.78, 5) is 24.6. The maximum Gasteiger partial charge on any atom is 0.203 e. The zero-order valence-corrected chi connectivity index (χ0v) is 12.2. The van der Waals surface area contributed by atoms with Crippen LogP contribution in [0.2, 0.25) is 0 Å². The lowest BCUT2D eigenvalue weighted by atomic mass is 9.93. The number of allylic oxidation sites excluding steroid dienone is 1. The first kappa shape index (κ1) is 13.3. The summed E-state index contributed by atoms with van der Waals surface area (Å²) >= 11 is 0. The predicted octanol–water partition coefficient (Wildman–Crippen LogP) is 3.82. The Morgan fingerprint density at radius 3 is 2.68 bits per heavy atom. The fourth-order valence-electron chi connectivity index (χ4n) is 3.30. The third-order valence-corrected chi connectivity index (χ3v) is 4.48. The van der Waals surface area contributed by atoms with Gasteiger partial charge in [0, 0.05) is 30.4 Å². The molecule has 110 valence electrons.